The molecule has 0 amide bonds. The van der Waals surface area contributed by atoms with Gasteiger partial charge in [-0.05, 0) is 51.4 Å². The van der Waals surface area contributed by atoms with Crippen molar-refractivity contribution in [1.29, 1.82) is 0 Å². The summed E-state index contributed by atoms with van der Waals surface area (Å²) in [6.07, 6.45) is 21.8. The van der Waals surface area contributed by atoms with Crippen molar-refractivity contribution in [2.45, 2.75) is 83.8 Å². The van der Waals surface area contributed by atoms with Crippen molar-refractivity contribution in [1.82, 2.24) is 0 Å². The van der Waals surface area contributed by atoms with E-state index in [4.69, 9.17) is 18.5 Å². The Kier molecular flexibility index (Phi) is 22.3. The van der Waals surface area contributed by atoms with Crippen LogP contribution in [0.3, 0.4) is 0 Å². The molecule has 10 nitrogen and oxygen atoms in total. The van der Waals surface area contributed by atoms with E-state index in [1.165, 1.54) is 6.92 Å². The summed E-state index contributed by atoms with van der Waals surface area (Å²) >= 11 is 0. The van der Waals surface area contributed by atoms with Crippen molar-refractivity contribution in [3.63, 3.8) is 0 Å². The molecule has 3 atom stereocenters. The first-order chi connectivity index (χ1) is 19.3. The first-order valence-electron chi connectivity index (χ1n) is 14.4. The molecule has 0 fully saturated rings. The minimum absolute atomic E-state index is 0.0519. The molecule has 0 spiro atoms. The number of allylic oxidation sites excluding steroid dienone is 8. The fourth-order valence-corrected chi connectivity index (χ4v) is 3.84. The monoisotopic (exact) mass is 601 g/mol. The Hall–Kier alpha value is -2.07. The molecular weight excluding hydrogens is 549 g/mol. The molecule has 0 aromatic carbocycles. The Balaban J connectivity index is 4.21. The van der Waals surface area contributed by atoms with Gasteiger partial charge < -0.3 is 33.0 Å². The Labute approximate surface area is 246 Å². The van der Waals surface area contributed by atoms with Gasteiger partial charge in [-0.25, -0.2) is 0 Å². The van der Waals surface area contributed by atoms with Gasteiger partial charge in [0, 0.05) is 13.3 Å². The maximum atomic E-state index is 12.2. The van der Waals surface area contributed by atoms with Crippen LogP contribution in [0.25, 0.3) is 0 Å². The van der Waals surface area contributed by atoms with E-state index < -0.39 is 32.5 Å². The van der Waals surface area contributed by atoms with E-state index in [0.29, 0.717) is 23.9 Å². The molecule has 0 aliphatic heterocycles. The Bertz CT molecular complexity index is 878. The maximum absolute atomic E-state index is 12.2. The number of hydrogen-bond acceptors (Lipinski definition) is 9. The minimum Gasteiger partial charge on any atom is -0.756 e. The summed E-state index contributed by atoms with van der Waals surface area (Å²) in [5, 5.41) is 9.50. The fourth-order valence-electron chi connectivity index (χ4n) is 3.12. The predicted molar refractivity (Wildman–Crippen MR) is 159 cm³/mol. The quantitative estimate of drug-likeness (QED) is 0.0546. The van der Waals surface area contributed by atoms with Gasteiger partial charge in [0.2, 0.25) is 0 Å². The van der Waals surface area contributed by atoms with Crippen molar-refractivity contribution in [2.75, 3.05) is 47.5 Å². The SMILES string of the molecule is CC[C@@H](O)CC/C=C\C/C=C\C/C=C\C/C=C\CCCC(=O)O[C@H](COC(C)=O)COP(=O)([O-])OCC[N+](C)(C)C. The average molecular weight is 602 g/mol. The molecule has 41 heavy (non-hydrogen) atoms. The summed E-state index contributed by atoms with van der Waals surface area (Å²) in [5.74, 6) is -1.12. The topological polar surface area (TPSA) is 131 Å². The van der Waals surface area contributed by atoms with Gasteiger partial charge in [-0.15, -0.1) is 0 Å². The van der Waals surface area contributed by atoms with Gasteiger partial charge in [-0.1, -0.05) is 55.5 Å². The second kappa shape index (κ2) is 23.5. The minimum atomic E-state index is -4.60. The zero-order valence-corrected chi connectivity index (χ0v) is 26.5. The highest BCUT2D eigenvalue weighted by Gasteiger charge is 2.21. The van der Waals surface area contributed by atoms with Crippen LogP contribution in [0.1, 0.15) is 71.6 Å². The predicted octanol–water partition coefficient (Wildman–Crippen LogP) is 4.79. The number of esters is 2. The second-order valence-electron chi connectivity index (χ2n) is 10.6. The van der Waals surface area contributed by atoms with Crippen molar-refractivity contribution in [3.05, 3.63) is 48.6 Å². The number of carbonyl (C=O) groups is 2. The van der Waals surface area contributed by atoms with Crippen molar-refractivity contribution in [3.8, 4) is 0 Å². The molecule has 0 saturated heterocycles. The molecule has 0 saturated carbocycles. The van der Waals surface area contributed by atoms with E-state index in [2.05, 4.69) is 36.5 Å². The van der Waals surface area contributed by atoms with Gasteiger partial charge in [0.1, 0.15) is 19.8 Å². The van der Waals surface area contributed by atoms with E-state index in [1.807, 2.05) is 40.2 Å². The highest BCUT2D eigenvalue weighted by molar-refractivity contribution is 7.45. The third-order valence-corrected chi connectivity index (χ3v) is 6.54. The van der Waals surface area contributed by atoms with Crippen LogP contribution in [0, 0.1) is 0 Å². The molecule has 1 N–H and O–H groups in total. The number of carbonyl (C=O) groups excluding carboxylic acids is 2. The number of aliphatic hydroxyl groups is 1. The lowest BCUT2D eigenvalue weighted by Crippen LogP contribution is -2.37. The lowest BCUT2D eigenvalue weighted by atomic mass is 10.1. The number of hydrogen-bond donors (Lipinski definition) is 1. The van der Waals surface area contributed by atoms with Crippen molar-refractivity contribution < 1.29 is 47.2 Å². The smallest absolute Gasteiger partial charge is 0.306 e. The molecule has 0 aliphatic carbocycles. The summed E-state index contributed by atoms with van der Waals surface area (Å²) in [5.41, 5.74) is 0. The third kappa shape index (κ3) is 27.9. The molecule has 1 unspecified atom stereocenters. The average Bonchev–Trinajstić information content (AvgIpc) is 2.88. The first-order valence-corrected chi connectivity index (χ1v) is 15.8. The Morgan fingerprint density at radius 2 is 1.46 bits per heavy atom. The number of phosphoric acid groups is 1. The number of ether oxygens (including phenoxy) is 2. The molecule has 11 heteroatoms. The van der Waals surface area contributed by atoms with E-state index in [9.17, 15) is 24.2 Å². The molecule has 0 aromatic heterocycles. The molecule has 0 aromatic rings. The van der Waals surface area contributed by atoms with Crippen LogP contribution in [0.5, 0.6) is 0 Å². The molecule has 236 valence electrons. The number of likely N-dealkylation sites (N-methyl/N-ethyl adjacent to an activating group) is 1. The standard InChI is InChI=1S/C30H52NO9P/c1-6-28(33)21-19-17-15-13-11-9-7-8-10-12-14-16-18-20-22-30(34)40-29(25-37-27(2)32)26-39-41(35,36)38-24-23-31(3,4)5/h8-11,14-17,28-29,33H,6-7,12-13,18-26H2,1-5H3/b10-8-,11-9-,16-14-,17-15-/t28-,29-/m1/s1. The van der Waals surface area contributed by atoms with Gasteiger partial charge in [-0.2, -0.15) is 0 Å². The highest BCUT2D eigenvalue weighted by Crippen LogP contribution is 2.38. The van der Waals surface area contributed by atoms with Crippen LogP contribution >= 0.6 is 7.82 Å². The van der Waals surface area contributed by atoms with E-state index in [-0.39, 0.29) is 25.7 Å². The van der Waals surface area contributed by atoms with Crippen molar-refractivity contribution >= 4 is 19.8 Å². The van der Waals surface area contributed by atoms with E-state index >= 15 is 0 Å². The number of unbranched alkanes of at least 4 members (excludes halogenated alkanes) is 1. The first kappa shape index (κ1) is 38.9. The number of nitrogens with zero attached hydrogens (tertiary/aromatic N) is 1. The van der Waals surface area contributed by atoms with Gasteiger partial charge >= 0.3 is 11.9 Å². The van der Waals surface area contributed by atoms with Crippen molar-refractivity contribution in [2.24, 2.45) is 0 Å². The summed E-state index contributed by atoms with van der Waals surface area (Å²) in [6, 6.07) is 0. The fraction of sp³-hybridized carbons (Fsp3) is 0.667. The molecular formula is C30H52NO9P. The molecule has 0 radical (unpaired) electrons. The van der Waals surface area contributed by atoms with Gasteiger partial charge in [0.05, 0.1) is 33.9 Å². The summed E-state index contributed by atoms with van der Waals surface area (Å²) in [6.45, 7) is 2.76. The van der Waals surface area contributed by atoms with Crippen LogP contribution < -0.4 is 4.89 Å². The number of quaternary nitrogens is 1. The second-order valence-corrected chi connectivity index (χ2v) is 12.0. The van der Waals surface area contributed by atoms with E-state index in [1.54, 1.807) is 0 Å². The lowest BCUT2D eigenvalue weighted by Gasteiger charge is -2.28. The number of aliphatic hydroxyl groups excluding tert-OH is 1. The largest absolute Gasteiger partial charge is 0.756 e. The van der Waals surface area contributed by atoms with Crippen LogP contribution in [-0.4, -0.2) is 81.2 Å². The highest BCUT2D eigenvalue weighted by atomic mass is 31.2. The Morgan fingerprint density at radius 3 is 2.00 bits per heavy atom. The van der Waals surface area contributed by atoms with Gasteiger partial charge in [-0.3, -0.25) is 14.2 Å². The molecule has 0 heterocycles. The molecule has 0 aliphatic rings. The third-order valence-electron chi connectivity index (χ3n) is 5.57. The zero-order chi connectivity index (χ0) is 31.0. The van der Waals surface area contributed by atoms with Crippen LogP contribution in [0.2, 0.25) is 0 Å². The summed E-state index contributed by atoms with van der Waals surface area (Å²) in [4.78, 5) is 35.4. The molecule has 0 rings (SSSR count). The number of rotatable bonds is 24. The normalized spacial score (nSPS) is 15.6. The van der Waals surface area contributed by atoms with Crippen LogP contribution in [0.4, 0.5) is 0 Å². The Morgan fingerprint density at radius 1 is 0.902 bits per heavy atom. The van der Waals surface area contributed by atoms with E-state index in [0.717, 1.165) is 38.5 Å². The maximum Gasteiger partial charge on any atom is 0.306 e. The lowest BCUT2D eigenvalue weighted by molar-refractivity contribution is -0.870. The summed E-state index contributed by atoms with van der Waals surface area (Å²) < 4.78 is 32.4. The van der Waals surface area contributed by atoms with Crippen LogP contribution in [-0.2, 0) is 32.7 Å². The number of phosphoric ester groups is 1. The summed E-state index contributed by atoms with van der Waals surface area (Å²) in [7, 11) is 1.09. The van der Waals surface area contributed by atoms with Gasteiger partial charge in [0.15, 0.2) is 6.10 Å². The van der Waals surface area contributed by atoms with Crippen LogP contribution in [0.15, 0.2) is 48.6 Å². The molecule has 0 bridgehead atoms. The van der Waals surface area contributed by atoms with Gasteiger partial charge in [0.25, 0.3) is 7.82 Å². The zero-order valence-electron chi connectivity index (χ0n) is 25.6.